The standard InChI is InChI=1S/CH3NO2.Mo.2O/c2-1(3)4;;;/h2H2,(H,3,4);;;. The molecular weight excluding hydrogens is 186 g/mol. The summed E-state index contributed by atoms with van der Waals surface area (Å²) in [7, 11) is 0. The van der Waals surface area contributed by atoms with Crippen molar-refractivity contribution in [2.45, 2.75) is 0 Å². The van der Waals surface area contributed by atoms with Gasteiger partial charge in [0.05, 0.1) is 0 Å². The van der Waals surface area contributed by atoms with Gasteiger partial charge in [-0.3, -0.25) is 0 Å². The Balaban J connectivity index is 0. The van der Waals surface area contributed by atoms with Gasteiger partial charge in [-0.1, -0.05) is 0 Å². The summed E-state index contributed by atoms with van der Waals surface area (Å²) in [4.78, 5) is 8.78. The molecule has 0 saturated carbocycles. The molecule has 0 aromatic carbocycles. The molecule has 0 aromatic rings. The third kappa shape index (κ3) is 361. The van der Waals surface area contributed by atoms with Crippen LogP contribution in [0.2, 0.25) is 0 Å². The minimum atomic E-state index is -2.03. The van der Waals surface area contributed by atoms with Crippen LogP contribution in [0.4, 0.5) is 4.79 Å². The first-order valence-corrected chi connectivity index (χ1v) is 2.69. The van der Waals surface area contributed by atoms with Gasteiger partial charge in [-0.15, -0.1) is 0 Å². The van der Waals surface area contributed by atoms with Gasteiger partial charge in [-0.05, 0) is 0 Å². The monoisotopic (exact) mass is 191 g/mol. The van der Waals surface area contributed by atoms with Crippen LogP contribution >= 0.6 is 0 Å². The van der Waals surface area contributed by atoms with Crippen LogP contribution in [-0.4, -0.2) is 11.2 Å². The molecule has 5 nitrogen and oxygen atoms in total. The van der Waals surface area contributed by atoms with E-state index in [1.54, 1.807) is 0 Å². The van der Waals surface area contributed by atoms with E-state index in [-0.39, 0.29) is 0 Å². The van der Waals surface area contributed by atoms with Gasteiger partial charge in [0.15, 0.2) is 0 Å². The molecule has 7 heavy (non-hydrogen) atoms. The molecule has 1 amide bonds. The Bertz CT molecular complexity index is 79.7. The fourth-order valence-corrected chi connectivity index (χ4v) is 0. The van der Waals surface area contributed by atoms with Crippen LogP contribution in [0.3, 0.4) is 0 Å². The summed E-state index contributed by atoms with van der Waals surface area (Å²) in [6.07, 6.45) is -1.33. The average molecular weight is 189 g/mol. The Kier molecular flexibility index (Phi) is 12.7. The molecule has 0 unspecified atom stereocenters. The molecular formula is CH3MoNO4. The van der Waals surface area contributed by atoms with Gasteiger partial charge in [0, 0.05) is 0 Å². The fourth-order valence-electron chi connectivity index (χ4n) is 0. The molecule has 42 valence electrons. The summed E-state index contributed by atoms with van der Waals surface area (Å²) in [5.74, 6) is 0. The first kappa shape index (κ1) is 9.75. The predicted octanol–water partition coefficient (Wildman–Crippen LogP) is -0.617. The fraction of sp³-hybridized carbons (Fsp3) is 0. The van der Waals surface area contributed by atoms with Crippen molar-refractivity contribution in [3.05, 3.63) is 0 Å². The molecule has 3 N–H and O–H groups in total. The van der Waals surface area contributed by atoms with Crippen LogP contribution in [0.5, 0.6) is 0 Å². The normalized spacial score (nSPS) is 5.14. The third-order valence-corrected chi connectivity index (χ3v) is 0. The third-order valence-electron chi connectivity index (χ3n) is 0. The van der Waals surface area contributed by atoms with Gasteiger partial charge in [0.2, 0.25) is 0 Å². The second kappa shape index (κ2) is 9.12. The number of amides is 1. The number of primary amides is 1. The van der Waals surface area contributed by atoms with Crippen LogP contribution in [0.25, 0.3) is 0 Å². The topological polar surface area (TPSA) is 97.5 Å². The maximum absolute atomic E-state index is 8.78. The van der Waals surface area contributed by atoms with Gasteiger partial charge < -0.3 is 10.8 Å². The van der Waals surface area contributed by atoms with Crippen molar-refractivity contribution >= 4 is 6.09 Å². The Morgan fingerprint density at radius 2 is 1.57 bits per heavy atom. The van der Waals surface area contributed by atoms with Gasteiger partial charge in [-0.2, -0.15) is 0 Å². The second-order valence-corrected chi connectivity index (χ2v) is 0.741. The van der Waals surface area contributed by atoms with E-state index in [1.807, 2.05) is 0 Å². The molecule has 0 heterocycles. The van der Waals surface area contributed by atoms with E-state index in [0.717, 1.165) is 0 Å². The van der Waals surface area contributed by atoms with Crippen LogP contribution in [0.15, 0.2) is 0 Å². The Morgan fingerprint density at radius 1 is 1.57 bits per heavy atom. The summed E-state index contributed by atoms with van der Waals surface area (Å²) in [5.41, 5.74) is 4.03. The molecule has 0 atom stereocenters. The van der Waals surface area contributed by atoms with Crippen molar-refractivity contribution < 1.29 is 35.2 Å². The number of hydrogen-bond acceptors (Lipinski definition) is 3. The number of carboxylic acid groups (broad SMARTS) is 1. The van der Waals surface area contributed by atoms with Crippen LogP contribution < -0.4 is 5.73 Å². The molecule has 0 rings (SSSR count). The Hall–Kier alpha value is -0.442. The molecule has 0 radical (unpaired) electrons. The predicted molar refractivity (Wildman–Crippen MR) is 13.6 cm³/mol. The van der Waals surface area contributed by atoms with Crippen LogP contribution in [0.1, 0.15) is 0 Å². The quantitative estimate of drug-likeness (QED) is 0.496. The summed E-state index contributed by atoms with van der Waals surface area (Å²) < 4.78 is 17.0. The average Bonchev–Trinajstić information content (AvgIpc) is 1.33. The maximum atomic E-state index is 8.78. The second-order valence-electron chi connectivity index (χ2n) is 0.406. The van der Waals surface area contributed by atoms with Gasteiger partial charge in [0.1, 0.15) is 0 Å². The van der Waals surface area contributed by atoms with E-state index in [2.05, 4.69) is 5.73 Å². The molecule has 0 spiro atoms. The van der Waals surface area contributed by atoms with E-state index in [1.165, 1.54) is 0 Å². The van der Waals surface area contributed by atoms with Crippen molar-refractivity contribution in [2.24, 2.45) is 5.73 Å². The number of rotatable bonds is 0. The number of hydrogen-bond donors (Lipinski definition) is 2. The van der Waals surface area contributed by atoms with E-state index >= 15 is 0 Å². The summed E-state index contributed by atoms with van der Waals surface area (Å²) in [6.45, 7) is 0. The summed E-state index contributed by atoms with van der Waals surface area (Å²) in [6, 6.07) is 0. The molecule has 0 bridgehead atoms. The van der Waals surface area contributed by atoms with Gasteiger partial charge >= 0.3 is 31.4 Å². The van der Waals surface area contributed by atoms with Crippen molar-refractivity contribution in [1.29, 1.82) is 0 Å². The first-order valence-electron chi connectivity index (χ1n) is 1.05. The summed E-state index contributed by atoms with van der Waals surface area (Å²) >= 11 is -2.03. The SMILES string of the molecule is NC(=O)O.[O]=[Mo]=[O]. The van der Waals surface area contributed by atoms with Crippen molar-refractivity contribution in [3.8, 4) is 0 Å². The molecule has 0 aliphatic carbocycles. The van der Waals surface area contributed by atoms with Crippen LogP contribution in [-0.2, 0) is 25.3 Å². The molecule has 0 aromatic heterocycles. The molecule has 0 aliphatic heterocycles. The molecule has 6 heteroatoms. The van der Waals surface area contributed by atoms with Gasteiger partial charge in [0.25, 0.3) is 0 Å². The number of nitrogens with two attached hydrogens (primary N) is 1. The summed E-state index contributed by atoms with van der Waals surface area (Å²) in [5, 5.41) is 7.19. The van der Waals surface area contributed by atoms with Gasteiger partial charge in [-0.25, -0.2) is 4.79 Å². The van der Waals surface area contributed by atoms with E-state index in [4.69, 9.17) is 16.7 Å². The molecule has 0 fully saturated rings. The molecule has 0 saturated heterocycles. The zero-order chi connectivity index (χ0) is 6.28. The minimum absolute atomic E-state index is 1.33. The van der Waals surface area contributed by atoms with Crippen molar-refractivity contribution in [1.82, 2.24) is 0 Å². The van der Waals surface area contributed by atoms with Crippen molar-refractivity contribution in [2.75, 3.05) is 0 Å². The zero-order valence-electron chi connectivity index (χ0n) is 3.16. The van der Waals surface area contributed by atoms with E-state index in [0.29, 0.717) is 0 Å². The first-order chi connectivity index (χ1) is 3.15. The Morgan fingerprint density at radius 3 is 1.57 bits per heavy atom. The zero-order valence-corrected chi connectivity index (χ0v) is 5.16. The molecule has 0 aliphatic rings. The van der Waals surface area contributed by atoms with Crippen LogP contribution in [0, 0.1) is 0 Å². The Labute approximate surface area is 47.7 Å². The van der Waals surface area contributed by atoms with Crippen molar-refractivity contribution in [3.63, 3.8) is 0 Å². The van der Waals surface area contributed by atoms with E-state index in [9.17, 15) is 0 Å². The van der Waals surface area contributed by atoms with E-state index < -0.39 is 24.6 Å². The number of carbonyl (C=O) groups is 1.